The molecule has 0 aliphatic carbocycles. The van der Waals surface area contributed by atoms with Crippen molar-refractivity contribution >= 4 is 23.8 Å². The lowest BCUT2D eigenvalue weighted by atomic mass is 10.2. The predicted molar refractivity (Wildman–Crippen MR) is 117 cm³/mol. The van der Waals surface area contributed by atoms with Gasteiger partial charge in [-0.15, -0.1) is 0 Å². The summed E-state index contributed by atoms with van der Waals surface area (Å²) in [6.07, 6.45) is 0.274. The first kappa shape index (κ1) is 25.2. The van der Waals surface area contributed by atoms with E-state index in [1.165, 1.54) is 14.2 Å². The molecule has 176 valence electrons. The van der Waals surface area contributed by atoms with Gasteiger partial charge in [0.2, 0.25) is 0 Å². The lowest BCUT2D eigenvalue weighted by Crippen LogP contribution is -2.31. The molecule has 2 aromatic rings. The van der Waals surface area contributed by atoms with Gasteiger partial charge < -0.3 is 29.6 Å². The molecule has 0 fully saturated rings. The Morgan fingerprint density at radius 3 is 1.33 bits per heavy atom. The van der Waals surface area contributed by atoms with Crippen molar-refractivity contribution in [1.82, 2.24) is 10.6 Å². The normalized spacial score (nSPS) is 10.0. The average molecular weight is 458 g/mol. The summed E-state index contributed by atoms with van der Waals surface area (Å²) in [6, 6.07) is 12.9. The summed E-state index contributed by atoms with van der Waals surface area (Å²) in [6.45, 7) is -0.546. The Labute approximate surface area is 191 Å². The smallest absolute Gasteiger partial charge is 0.325 e. The zero-order chi connectivity index (χ0) is 24.1. The Morgan fingerprint density at radius 1 is 0.636 bits per heavy atom. The number of amides is 2. The van der Waals surface area contributed by atoms with Crippen LogP contribution in [-0.4, -0.2) is 64.3 Å². The Balaban J connectivity index is 1.54. The molecule has 2 rings (SSSR count). The van der Waals surface area contributed by atoms with Crippen LogP contribution in [0.1, 0.15) is 27.1 Å². The van der Waals surface area contributed by atoms with Gasteiger partial charge in [-0.1, -0.05) is 0 Å². The van der Waals surface area contributed by atoms with E-state index in [0.29, 0.717) is 22.6 Å². The number of ether oxygens (including phenoxy) is 4. The first-order valence-electron chi connectivity index (χ1n) is 10.1. The minimum absolute atomic E-state index is 0.0166. The molecule has 0 heterocycles. The van der Waals surface area contributed by atoms with Gasteiger partial charge in [0.1, 0.15) is 24.6 Å². The van der Waals surface area contributed by atoms with Crippen molar-refractivity contribution in [3.8, 4) is 11.5 Å². The third kappa shape index (κ3) is 8.90. The van der Waals surface area contributed by atoms with Crippen LogP contribution in [0.2, 0.25) is 0 Å². The number of hydrogen-bond acceptors (Lipinski definition) is 8. The molecule has 0 aliphatic heterocycles. The summed E-state index contributed by atoms with van der Waals surface area (Å²) in [4.78, 5) is 47.4. The first-order chi connectivity index (χ1) is 15.9. The van der Waals surface area contributed by atoms with E-state index in [9.17, 15) is 19.2 Å². The number of esters is 2. The quantitative estimate of drug-likeness (QED) is 0.360. The van der Waals surface area contributed by atoms with Gasteiger partial charge in [-0.25, -0.2) is 0 Å². The van der Waals surface area contributed by atoms with Crippen molar-refractivity contribution in [2.45, 2.75) is 6.42 Å². The lowest BCUT2D eigenvalue weighted by Gasteiger charge is -2.08. The molecule has 33 heavy (non-hydrogen) atoms. The minimum atomic E-state index is -0.616. The summed E-state index contributed by atoms with van der Waals surface area (Å²) in [7, 11) is 3.04. The number of rotatable bonds is 12. The van der Waals surface area contributed by atoms with Crippen LogP contribution in [0.4, 0.5) is 0 Å². The molecule has 0 aliphatic rings. The van der Waals surface area contributed by atoms with Gasteiger partial charge in [0.15, 0.2) is 0 Å². The largest absolute Gasteiger partial charge is 0.497 e. The molecule has 2 N–H and O–H groups in total. The standard InChI is InChI=1S/C23H26N2O8/c1-30-18-8-4-16(5-9-18)22(28)24-14-20(26)32-12-3-13-33-21(27)15-25-23(29)17-6-10-19(31-2)11-7-17/h4-11H,3,12-15H2,1-2H3,(H,24,28)(H,25,29). The van der Waals surface area contributed by atoms with Gasteiger partial charge in [-0.2, -0.15) is 0 Å². The van der Waals surface area contributed by atoms with Gasteiger partial charge in [0.05, 0.1) is 27.4 Å². The summed E-state index contributed by atoms with van der Waals surface area (Å²) in [5, 5.41) is 4.91. The zero-order valence-corrected chi connectivity index (χ0v) is 18.4. The van der Waals surface area contributed by atoms with Crippen LogP contribution in [0, 0.1) is 0 Å². The van der Waals surface area contributed by atoms with Crippen LogP contribution in [0.15, 0.2) is 48.5 Å². The molecule has 0 aromatic heterocycles. The summed E-state index contributed by atoms with van der Waals surface area (Å²) < 4.78 is 20.0. The summed E-state index contributed by atoms with van der Waals surface area (Å²) >= 11 is 0. The monoisotopic (exact) mass is 458 g/mol. The highest BCUT2D eigenvalue weighted by Gasteiger charge is 2.11. The Morgan fingerprint density at radius 2 is 1.00 bits per heavy atom. The molecule has 0 atom stereocenters. The Bertz CT molecular complexity index is 864. The van der Waals surface area contributed by atoms with Crippen LogP contribution < -0.4 is 20.1 Å². The molecule has 0 unspecified atom stereocenters. The van der Waals surface area contributed by atoms with Crippen molar-refractivity contribution in [2.24, 2.45) is 0 Å². The molecule has 0 spiro atoms. The van der Waals surface area contributed by atoms with E-state index in [2.05, 4.69) is 10.6 Å². The molecule has 0 saturated heterocycles. The van der Waals surface area contributed by atoms with Gasteiger partial charge in [0, 0.05) is 17.5 Å². The number of carbonyl (C=O) groups is 4. The van der Waals surface area contributed by atoms with Crippen LogP contribution in [0.3, 0.4) is 0 Å². The number of benzene rings is 2. The molecule has 0 bridgehead atoms. The van der Waals surface area contributed by atoms with Crippen molar-refractivity contribution in [3.63, 3.8) is 0 Å². The van der Waals surface area contributed by atoms with Crippen LogP contribution in [0.5, 0.6) is 11.5 Å². The van der Waals surface area contributed by atoms with E-state index >= 15 is 0 Å². The summed E-state index contributed by atoms with van der Waals surface area (Å²) in [5.41, 5.74) is 0.768. The minimum Gasteiger partial charge on any atom is -0.497 e. The molecule has 10 nitrogen and oxygen atoms in total. The predicted octanol–water partition coefficient (Wildman–Crippen LogP) is 1.34. The van der Waals surface area contributed by atoms with E-state index in [-0.39, 0.29) is 32.7 Å². The average Bonchev–Trinajstić information content (AvgIpc) is 2.85. The Kier molecular flexibility index (Phi) is 10.2. The highest BCUT2D eigenvalue weighted by atomic mass is 16.5. The third-order valence-corrected chi connectivity index (χ3v) is 4.31. The van der Waals surface area contributed by atoms with E-state index in [0.717, 1.165) is 0 Å². The number of carbonyl (C=O) groups excluding carboxylic acids is 4. The van der Waals surface area contributed by atoms with Gasteiger partial charge >= 0.3 is 11.9 Å². The van der Waals surface area contributed by atoms with Crippen molar-refractivity contribution < 1.29 is 38.1 Å². The van der Waals surface area contributed by atoms with Crippen LogP contribution in [-0.2, 0) is 19.1 Å². The molecular weight excluding hydrogens is 432 g/mol. The lowest BCUT2D eigenvalue weighted by molar-refractivity contribution is -0.144. The SMILES string of the molecule is COc1ccc(C(=O)NCC(=O)OCCCOC(=O)CNC(=O)c2ccc(OC)cc2)cc1. The second-order valence-electron chi connectivity index (χ2n) is 6.62. The van der Waals surface area contributed by atoms with E-state index < -0.39 is 23.8 Å². The third-order valence-electron chi connectivity index (χ3n) is 4.31. The highest BCUT2D eigenvalue weighted by Crippen LogP contribution is 2.11. The van der Waals surface area contributed by atoms with E-state index in [1.54, 1.807) is 48.5 Å². The second kappa shape index (κ2) is 13.4. The summed E-state index contributed by atoms with van der Waals surface area (Å²) in [5.74, 6) is -0.831. The van der Waals surface area contributed by atoms with E-state index in [1.807, 2.05) is 0 Å². The number of methoxy groups -OCH3 is 2. The maximum Gasteiger partial charge on any atom is 0.325 e. The van der Waals surface area contributed by atoms with Crippen LogP contribution in [0.25, 0.3) is 0 Å². The topological polar surface area (TPSA) is 129 Å². The van der Waals surface area contributed by atoms with E-state index in [4.69, 9.17) is 18.9 Å². The maximum atomic E-state index is 12.0. The first-order valence-corrected chi connectivity index (χ1v) is 10.1. The van der Waals surface area contributed by atoms with Crippen molar-refractivity contribution in [3.05, 3.63) is 59.7 Å². The fourth-order valence-electron chi connectivity index (χ4n) is 2.53. The van der Waals surface area contributed by atoms with Crippen molar-refractivity contribution in [2.75, 3.05) is 40.5 Å². The van der Waals surface area contributed by atoms with Gasteiger partial charge in [0.25, 0.3) is 11.8 Å². The second-order valence-corrected chi connectivity index (χ2v) is 6.62. The highest BCUT2D eigenvalue weighted by molar-refractivity contribution is 5.96. The zero-order valence-electron chi connectivity index (χ0n) is 18.4. The van der Waals surface area contributed by atoms with Gasteiger partial charge in [-0.05, 0) is 48.5 Å². The molecule has 0 radical (unpaired) electrons. The van der Waals surface area contributed by atoms with Crippen LogP contribution >= 0.6 is 0 Å². The number of hydrogen-bond donors (Lipinski definition) is 2. The molecule has 2 aromatic carbocycles. The molecule has 0 saturated carbocycles. The Hall–Kier alpha value is -4.08. The molecule has 2 amide bonds. The molecular formula is C23H26N2O8. The fraction of sp³-hybridized carbons (Fsp3) is 0.304. The van der Waals surface area contributed by atoms with Crippen molar-refractivity contribution in [1.29, 1.82) is 0 Å². The fourth-order valence-corrected chi connectivity index (χ4v) is 2.53. The molecule has 10 heteroatoms. The number of nitrogens with one attached hydrogen (secondary N) is 2. The maximum absolute atomic E-state index is 12.0. The van der Waals surface area contributed by atoms with Gasteiger partial charge in [-0.3, -0.25) is 19.2 Å².